The molecule has 1 N–H and O–H groups in total. The van der Waals surface area contributed by atoms with Gasteiger partial charge in [-0.3, -0.25) is 10.2 Å². The van der Waals surface area contributed by atoms with E-state index in [4.69, 9.17) is 0 Å². The highest BCUT2D eigenvalue weighted by Gasteiger charge is 2.31. The molecular weight excluding hydrogens is 366 g/mol. The lowest BCUT2D eigenvalue weighted by atomic mass is 10.2. The zero-order valence-corrected chi connectivity index (χ0v) is 16.2. The van der Waals surface area contributed by atoms with Gasteiger partial charge in [0.25, 0.3) is 5.91 Å². The average Bonchev–Trinajstić information content (AvgIpc) is 3.05. The van der Waals surface area contributed by atoms with Crippen LogP contribution in [0.4, 0.5) is 5.69 Å². The normalized spacial score (nSPS) is 15.0. The van der Waals surface area contributed by atoms with E-state index in [2.05, 4.69) is 10.4 Å². The Bertz CT molecular complexity index is 1030. The van der Waals surface area contributed by atoms with Gasteiger partial charge in [0, 0.05) is 10.5 Å². The Morgan fingerprint density at radius 2 is 1.54 bits per heavy atom. The van der Waals surface area contributed by atoms with Gasteiger partial charge in [0.05, 0.1) is 5.69 Å². The van der Waals surface area contributed by atoms with Gasteiger partial charge in [-0.15, -0.1) is 11.8 Å². The van der Waals surface area contributed by atoms with Gasteiger partial charge >= 0.3 is 0 Å². The van der Waals surface area contributed by atoms with Crippen molar-refractivity contribution in [3.05, 3.63) is 102 Å². The third kappa shape index (κ3) is 3.85. The highest BCUT2D eigenvalue weighted by atomic mass is 32.2. The molecule has 0 saturated heterocycles. The van der Waals surface area contributed by atoms with E-state index in [1.54, 1.807) is 11.8 Å². The maximum atomic E-state index is 13.1. The minimum atomic E-state index is -0.184. The molecule has 1 amide bonds. The fraction of sp³-hybridized carbons (Fsp3) is 0.0435. The number of hydrogen-bond acceptors (Lipinski definition) is 4. The van der Waals surface area contributed by atoms with Crippen molar-refractivity contribution in [1.82, 2.24) is 5.01 Å². The van der Waals surface area contributed by atoms with Gasteiger partial charge in [-0.05, 0) is 42.2 Å². The number of nitrogens with zero attached hydrogens (tertiary/aromatic N) is 2. The number of benzene rings is 3. The van der Waals surface area contributed by atoms with E-state index in [1.165, 1.54) is 9.90 Å². The molecule has 3 aromatic carbocycles. The number of hydrogen-bond donors (Lipinski definition) is 1. The van der Waals surface area contributed by atoms with Crippen LogP contribution in [-0.2, 0) is 4.79 Å². The lowest BCUT2D eigenvalue weighted by Crippen LogP contribution is -2.37. The topological polar surface area (TPSA) is 44.7 Å². The van der Waals surface area contributed by atoms with E-state index >= 15 is 0 Å². The number of rotatable bonds is 5. The summed E-state index contributed by atoms with van der Waals surface area (Å²) in [6, 6.07) is 27.4. The van der Waals surface area contributed by atoms with Crippen LogP contribution in [0.15, 0.2) is 101 Å². The van der Waals surface area contributed by atoms with E-state index in [0.717, 1.165) is 16.8 Å². The summed E-state index contributed by atoms with van der Waals surface area (Å²) in [7, 11) is 0. The average molecular weight is 385 g/mol. The molecule has 5 heteroatoms. The molecule has 1 heterocycles. The maximum Gasteiger partial charge on any atom is 0.297 e. The Balaban J connectivity index is 1.70. The molecule has 0 unspecified atom stereocenters. The highest BCUT2D eigenvalue weighted by Crippen LogP contribution is 2.24. The van der Waals surface area contributed by atoms with Crippen LogP contribution in [0.3, 0.4) is 0 Å². The number of carbonyl (C=O) groups excluding carboxylic acids is 1. The number of hydrazine groups is 1. The van der Waals surface area contributed by atoms with Crippen LogP contribution in [0.1, 0.15) is 11.1 Å². The number of para-hydroxylation sites is 1. The summed E-state index contributed by atoms with van der Waals surface area (Å²) in [6.45, 7) is 0. The minimum Gasteiger partial charge on any atom is -0.290 e. The molecule has 0 fully saturated rings. The first-order valence-electron chi connectivity index (χ1n) is 8.90. The summed E-state index contributed by atoms with van der Waals surface area (Å²) in [5.74, 6) is 0.401. The Labute approximate surface area is 168 Å². The molecule has 0 saturated carbocycles. The number of carbonyl (C=O) groups is 1. The molecule has 0 atom stereocenters. The quantitative estimate of drug-likeness (QED) is 0.493. The van der Waals surface area contributed by atoms with E-state index in [0.29, 0.717) is 11.5 Å². The van der Waals surface area contributed by atoms with Crippen molar-refractivity contribution in [3.8, 4) is 0 Å². The first-order valence-corrected chi connectivity index (χ1v) is 10.1. The lowest BCUT2D eigenvalue weighted by molar-refractivity contribution is -0.121. The van der Waals surface area contributed by atoms with E-state index in [1.807, 2.05) is 97.3 Å². The van der Waals surface area contributed by atoms with E-state index in [9.17, 15) is 4.79 Å². The second kappa shape index (κ2) is 8.15. The number of thioether (sulfide) groups is 1. The molecule has 3 aromatic rings. The van der Waals surface area contributed by atoms with Crippen molar-refractivity contribution in [2.75, 3.05) is 11.7 Å². The fourth-order valence-corrected chi connectivity index (χ4v) is 3.31. The Morgan fingerprint density at radius 1 is 0.893 bits per heavy atom. The molecule has 138 valence electrons. The van der Waals surface area contributed by atoms with Gasteiger partial charge in [0.2, 0.25) is 0 Å². The molecule has 0 radical (unpaired) electrons. The number of aliphatic imine (C=N–C) groups is 1. The second-order valence-corrected chi connectivity index (χ2v) is 7.10. The molecule has 0 aliphatic carbocycles. The van der Waals surface area contributed by atoms with Crippen molar-refractivity contribution in [2.45, 2.75) is 4.90 Å². The smallest absolute Gasteiger partial charge is 0.290 e. The summed E-state index contributed by atoms with van der Waals surface area (Å²) < 4.78 is 0. The Hall–Kier alpha value is -3.31. The molecule has 0 spiro atoms. The lowest BCUT2D eigenvalue weighted by Gasteiger charge is -2.20. The van der Waals surface area contributed by atoms with Crippen molar-refractivity contribution >= 4 is 35.3 Å². The molecule has 1 aliphatic rings. The van der Waals surface area contributed by atoms with Gasteiger partial charge in [0.1, 0.15) is 5.70 Å². The SMILES string of the molecule is CSc1ccc(/C=C2\N=C(c3ccccc3)N(Nc3ccccc3)C2=O)cc1. The number of anilines is 1. The summed E-state index contributed by atoms with van der Waals surface area (Å²) in [6.07, 6.45) is 3.86. The first kappa shape index (κ1) is 18.1. The molecule has 4 nitrogen and oxygen atoms in total. The molecular formula is C23H19N3OS. The standard InChI is InChI=1S/C23H19N3OS/c1-28-20-14-12-17(13-15-20)16-21-23(27)26(25-19-10-6-3-7-11-19)22(24-21)18-8-4-2-5-9-18/h2-16,25H,1H3/b21-16-. The summed E-state index contributed by atoms with van der Waals surface area (Å²) >= 11 is 1.69. The summed E-state index contributed by atoms with van der Waals surface area (Å²) in [4.78, 5) is 18.9. The van der Waals surface area contributed by atoms with Crippen LogP contribution >= 0.6 is 11.8 Å². The maximum absolute atomic E-state index is 13.1. The van der Waals surface area contributed by atoms with Gasteiger partial charge in [0.15, 0.2) is 5.84 Å². The van der Waals surface area contributed by atoms with Crippen LogP contribution in [0.2, 0.25) is 0 Å². The van der Waals surface area contributed by atoms with E-state index < -0.39 is 0 Å². The third-order valence-corrected chi connectivity index (χ3v) is 5.07. The molecule has 0 aromatic heterocycles. The molecule has 1 aliphatic heterocycles. The number of amides is 1. The summed E-state index contributed by atoms with van der Waals surface area (Å²) in [5, 5.41) is 1.51. The zero-order valence-electron chi connectivity index (χ0n) is 15.4. The second-order valence-electron chi connectivity index (χ2n) is 6.22. The fourth-order valence-electron chi connectivity index (χ4n) is 2.90. The molecule has 4 rings (SSSR count). The van der Waals surface area contributed by atoms with Gasteiger partial charge in [-0.2, -0.15) is 5.01 Å². The minimum absolute atomic E-state index is 0.184. The first-order chi connectivity index (χ1) is 13.7. The van der Waals surface area contributed by atoms with Gasteiger partial charge < -0.3 is 0 Å². The predicted molar refractivity (Wildman–Crippen MR) is 116 cm³/mol. The highest BCUT2D eigenvalue weighted by molar-refractivity contribution is 7.98. The Kier molecular flexibility index (Phi) is 5.26. The number of nitrogens with one attached hydrogen (secondary N) is 1. The van der Waals surface area contributed by atoms with Crippen LogP contribution < -0.4 is 5.43 Å². The van der Waals surface area contributed by atoms with Crippen LogP contribution in [0.5, 0.6) is 0 Å². The van der Waals surface area contributed by atoms with Gasteiger partial charge in [-0.1, -0.05) is 60.7 Å². The van der Waals surface area contributed by atoms with Crippen LogP contribution in [-0.4, -0.2) is 23.0 Å². The number of amidine groups is 1. The van der Waals surface area contributed by atoms with Crippen molar-refractivity contribution in [1.29, 1.82) is 0 Å². The Morgan fingerprint density at radius 3 is 2.18 bits per heavy atom. The predicted octanol–water partition coefficient (Wildman–Crippen LogP) is 5.07. The largest absolute Gasteiger partial charge is 0.297 e. The van der Waals surface area contributed by atoms with Crippen molar-refractivity contribution in [3.63, 3.8) is 0 Å². The monoisotopic (exact) mass is 385 g/mol. The van der Waals surface area contributed by atoms with Crippen molar-refractivity contribution < 1.29 is 4.79 Å². The molecule has 0 bridgehead atoms. The van der Waals surface area contributed by atoms with E-state index in [-0.39, 0.29) is 5.91 Å². The van der Waals surface area contributed by atoms with Crippen LogP contribution in [0.25, 0.3) is 6.08 Å². The van der Waals surface area contributed by atoms with Gasteiger partial charge in [-0.25, -0.2) is 4.99 Å². The third-order valence-electron chi connectivity index (χ3n) is 4.33. The zero-order chi connectivity index (χ0) is 19.3. The molecule has 28 heavy (non-hydrogen) atoms. The van der Waals surface area contributed by atoms with Crippen molar-refractivity contribution in [2.24, 2.45) is 4.99 Å². The summed E-state index contributed by atoms with van der Waals surface area (Å²) in [5.41, 5.74) is 6.23. The van der Waals surface area contributed by atoms with Crippen LogP contribution in [0, 0.1) is 0 Å².